The van der Waals surface area contributed by atoms with Gasteiger partial charge in [0.05, 0.1) is 17.1 Å². The third-order valence-corrected chi connectivity index (χ3v) is 6.88. The number of nitrogens with zero attached hydrogens (tertiary/aromatic N) is 1. The van der Waals surface area contributed by atoms with Crippen LogP contribution < -0.4 is 14.8 Å². The van der Waals surface area contributed by atoms with E-state index in [0.29, 0.717) is 36.7 Å². The number of rotatable bonds is 5. The molecule has 0 aromatic heterocycles. The molecule has 0 bridgehead atoms. The van der Waals surface area contributed by atoms with E-state index in [1.807, 2.05) is 26.0 Å². The van der Waals surface area contributed by atoms with E-state index in [-0.39, 0.29) is 29.8 Å². The summed E-state index contributed by atoms with van der Waals surface area (Å²) in [4.78, 5) is 12.6. The Labute approximate surface area is 175 Å². The van der Waals surface area contributed by atoms with Crippen LogP contribution in [-0.2, 0) is 21.3 Å². The third kappa shape index (κ3) is 4.28. The summed E-state index contributed by atoms with van der Waals surface area (Å²) < 4.78 is 43.5. The molecular weight excluding hydrogens is 408 g/mol. The Bertz CT molecular complexity index is 1030. The Morgan fingerprint density at radius 2 is 1.70 bits per heavy atom. The van der Waals surface area contributed by atoms with Crippen molar-refractivity contribution in [2.24, 2.45) is 0 Å². The summed E-state index contributed by atoms with van der Waals surface area (Å²) in [7, 11) is -3.64. The second-order valence-electron chi connectivity index (χ2n) is 7.47. The molecule has 8 nitrogen and oxygen atoms in total. The normalized spacial score (nSPS) is 21.4. The van der Waals surface area contributed by atoms with Gasteiger partial charge in [-0.1, -0.05) is 6.07 Å². The van der Waals surface area contributed by atoms with Gasteiger partial charge in [0.15, 0.2) is 11.5 Å². The van der Waals surface area contributed by atoms with Crippen LogP contribution >= 0.6 is 0 Å². The first-order valence-electron chi connectivity index (χ1n) is 9.75. The monoisotopic (exact) mass is 432 g/mol. The van der Waals surface area contributed by atoms with Crippen LogP contribution in [-0.4, -0.2) is 50.7 Å². The van der Waals surface area contributed by atoms with E-state index in [1.54, 1.807) is 6.07 Å². The zero-order valence-electron chi connectivity index (χ0n) is 16.8. The molecular formula is C21H24N2O6S. The van der Waals surface area contributed by atoms with Gasteiger partial charge in [-0.2, -0.15) is 4.31 Å². The second-order valence-corrected chi connectivity index (χ2v) is 9.41. The van der Waals surface area contributed by atoms with Crippen molar-refractivity contribution < 1.29 is 27.4 Å². The van der Waals surface area contributed by atoms with Gasteiger partial charge in [-0.05, 0) is 55.8 Å². The van der Waals surface area contributed by atoms with Crippen LogP contribution in [0.5, 0.6) is 11.5 Å². The minimum absolute atomic E-state index is 0.162. The van der Waals surface area contributed by atoms with E-state index in [0.717, 1.165) is 5.56 Å². The lowest BCUT2D eigenvalue weighted by molar-refractivity contribution is -0.0440. The van der Waals surface area contributed by atoms with E-state index < -0.39 is 10.0 Å². The number of ether oxygens (including phenoxy) is 3. The van der Waals surface area contributed by atoms with Crippen molar-refractivity contribution >= 4 is 15.9 Å². The van der Waals surface area contributed by atoms with Crippen molar-refractivity contribution in [3.05, 3.63) is 53.6 Å². The predicted octanol–water partition coefficient (Wildman–Crippen LogP) is 2.14. The third-order valence-electron chi connectivity index (χ3n) is 5.03. The van der Waals surface area contributed by atoms with Gasteiger partial charge < -0.3 is 19.5 Å². The molecule has 2 aromatic carbocycles. The summed E-state index contributed by atoms with van der Waals surface area (Å²) in [6, 6.07) is 11.5. The maximum atomic E-state index is 12.9. The van der Waals surface area contributed by atoms with Gasteiger partial charge in [-0.15, -0.1) is 0 Å². The maximum absolute atomic E-state index is 12.9. The van der Waals surface area contributed by atoms with Gasteiger partial charge in [0.2, 0.25) is 16.8 Å². The molecule has 0 saturated carbocycles. The lowest BCUT2D eigenvalue weighted by Crippen LogP contribution is -2.48. The number of fused-ring (bicyclic) bond motifs is 1. The van der Waals surface area contributed by atoms with E-state index in [1.165, 1.54) is 28.6 Å². The molecule has 2 aromatic rings. The molecule has 30 heavy (non-hydrogen) atoms. The van der Waals surface area contributed by atoms with Crippen molar-refractivity contribution in [2.75, 3.05) is 19.9 Å². The molecule has 2 heterocycles. The molecule has 0 unspecified atom stereocenters. The zero-order chi connectivity index (χ0) is 21.3. The quantitative estimate of drug-likeness (QED) is 0.778. The van der Waals surface area contributed by atoms with Crippen molar-refractivity contribution in [3.63, 3.8) is 0 Å². The highest BCUT2D eigenvalue weighted by molar-refractivity contribution is 7.89. The number of carbonyl (C=O) groups excluding carboxylic acids is 1. The number of amides is 1. The summed E-state index contributed by atoms with van der Waals surface area (Å²) in [6.45, 7) is 4.84. The fourth-order valence-corrected chi connectivity index (χ4v) is 5.18. The standard InChI is InChI=1S/C21H24N2O6S/c1-14-11-23(12-15(2)29-14)30(25,26)18-6-4-17(5-7-18)21(24)22-10-16-3-8-19-20(9-16)28-13-27-19/h3-9,14-15H,10-13H2,1-2H3,(H,22,24)/t14-,15+. The highest BCUT2D eigenvalue weighted by Crippen LogP contribution is 2.32. The molecule has 2 aliphatic rings. The van der Waals surface area contributed by atoms with Gasteiger partial charge in [-0.25, -0.2) is 8.42 Å². The number of benzene rings is 2. The average Bonchev–Trinajstić information content (AvgIpc) is 3.19. The molecule has 0 spiro atoms. The highest BCUT2D eigenvalue weighted by Gasteiger charge is 2.32. The Hall–Kier alpha value is -2.62. The van der Waals surface area contributed by atoms with E-state index >= 15 is 0 Å². The first-order valence-corrected chi connectivity index (χ1v) is 11.2. The second kappa shape index (κ2) is 8.25. The van der Waals surface area contributed by atoms with Crippen LogP contribution in [0.3, 0.4) is 0 Å². The van der Waals surface area contributed by atoms with Crippen molar-refractivity contribution in [1.29, 1.82) is 0 Å². The fraction of sp³-hybridized carbons (Fsp3) is 0.381. The molecule has 1 saturated heterocycles. The smallest absolute Gasteiger partial charge is 0.251 e. The van der Waals surface area contributed by atoms with Crippen LogP contribution in [0.1, 0.15) is 29.8 Å². The Morgan fingerprint density at radius 1 is 1.03 bits per heavy atom. The van der Waals surface area contributed by atoms with Crippen molar-refractivity contribution in [2.45, 2.75) is 37.5 Å². The Kier molecular flexibility index (Phi) is 5.68. The van der Waals surface area contributed by atoms with Crippen LogP contribution in [0.25, 0.3) is 0 Å². The van der Waals surface area contributed by atoms with Crippen molar-refractivity contribution in [3.8, 4) is 11.5 Å². The SMILES string of the molecule is C[C@@H]1CN(S(=O)(=O)c2ccc(C(=O)NCc3ccc4c(c3)OCO4)cc2)C[C@H](C)O1. The maximum Gasteiger partial charge on any atom is 0.251 e. The summed E-state index contributed by atoms with van der Waals surface area (Å²) in [5.74, 6) is 1.05. The van der Waals surface area contributed by atoms with Gasteiger partial charge in [0.25, 0.3) is 5.91 Å². The molecule has 1 amide bonds. The molecule has 1 N–H and O–H groups in total. The van der Waals surface area contributed by atoms with Gasteiger partial charge in [0.1, 0.15) is 0 Å². The molecule has 2 aliphatic heterocycles. The number of sulfonamides is 1. The Morgan fingerprint density at radius 3 is 2.40 bits per heavy atom. The van der Waals surface area contributed by atoms with Gasteiger partial charge in [0, 0.05) is 25.2 Å². The number of hydrogen-bond acceptors (Lipinski definition) is 6. The first-order chi connectivity index (χ1) is 14.3. The fourth-order valence-electron chi connectivity index (χ4n) is 3.59. The minimum atomic E-state index is -3.64. The van der Waals surface area contributed by atoms with Crippen LogP contribution in [0.2, 0.25) is 0 Å². The van der Waals surface area contributed by atoms with Crippen molar-refractivity contribution in [1.82, 2.24) is 9.62 Å². The van der Waals surface area contributed by atoms with Crippen LogP contribution in [0, 0.1) is 0 Å². The molecule has 0 aliphatic carbocycles. The number of nitrogens with one attached hydrogen (secondary N) is 1. The lowest BCUT2D eigenvalue weighted by Gasteiger charge is -2.34. The number of morpholine rings is 1. The molecule has 0 radical (unpaired) electrons. The summed E-state index contributed by atoms with van der Waals surface area (Å²) in [5.41, 5.74) is 1.26. The van der Waals surface area contributed by atoms with E-state index in [2.05, 4.69) is 5.32 Å². The zero-order valence-corrected chi connectivity index (χ0v) is 17.6. The largest absolute Gasteiger partial charge is 0.454 e. The lowest BCUT2D eigenvalue weighted by atomic mass is 10.2. The van der Waals surface area contributed by atoms with Crippen LogP contribution in [0.15, 0.2) is 47.4 Å². The minimum Gasteiger partial charge on any atom is -0.454 e. The summed E-state index contributed by atoms with van der Waals surface area (Å²) in [6.07, 6.45) is -0.325. The molecule has 4 rings (SSSR count). The van der Waals surface area contributed by atoms with E-state index in [9.17, 15) is 13.2 Å². The molecule has 1 fully saturated rings. The first kappa shape index (κ1) is 20.6. The molecule has 9 heteroatoms. The topological polar surface area (TPSA) is 94.2 Å². The highest BCUT2D eigenvalue weighted by atomic mass is 32.2. The molecule has 160 valence electrons. The average molecular weight is 432 g/mol. The number of hydrogen-bond donors (Lipinski definition) is 1. The molecule has 2 atom stereocenters. The van der Waals surface area contributed by atoms with Gasteiger partial charge in [-0.3, -0.25) is 4.79 Å². The summed E-state index contributed by atoms with van der Waals surface area (Å²) >= 11 is 0. The Balaban J connectivity index is 1.40. The van der Waals surface area contributed by atoms with Crippen LogP contribution in [0.4, 0.5) is 0 Å². The number of carbonyl (C=O) groups is 1. The van der Waals surface area contributed by atoms with Gasteiger partial charge >= 0.3 is 0 Å². The predicted molar refractivity (Wildman–Crippen MR) is 109 cm³/mol. The van der Waals surface area contributed by atoms with E-state index in [4.69, 9.17) is 14.2 Å². The summed E-state index contributed by atoms with van der Waals surface area (Å²) in [5, 5.41) is 2.83.